The van der Waals surface area contributed by atoms with Crippen molar-refractivity contribution in [3.05, 3.63) is 70.0 Å². The van der Waals surface area contributed by atoms with Crippen molar-refractivity contribution in [1.82, 2.24) is 9.55 Å². The zero-order valence-electron chi connectivity index (χ0n) is 11.5. The van der Waals surface area contributed by atoms with Gasteiger partial charge in [-0.3, -0.25) is 9.36 Å². The second kappa shape index (κ2) is 5.01. The maximum Gasteiger partial charge on any atom is 0.261 e. The molecule has 2 N–H and O–H groups in total. The molecule has 0 aliphatic heterocycles. The third-order valence-electron chi connectivity index (χ3n) is 3.42. The van der Waals surface area contributed by atoms with Crippen LogP contribution < -0.4 is 11.3 Å². The standard InChI is InChI=1S/C16H14FN3O/c1-10-19-15-7-6-13(18)8-14(15)16(21)20(10)9-11-2-4-12(17)5-3-11/h2-8H,9,18H2,1H3. The molecule has 3 rings (SSSR count). The lowest BCUT2D eigenvalue weighted by molar-refractivity contribution is 0.625. The van der Waals surface area contributed by atoms with Crippen LogP contribution >= 0.6 is 0 Å². The Labute approximate surface area is 120 Å². The fraction of sp³-hybridized carbons (Fsp3) is 0.125. The van der Waals surface area contributed by atoms with E-state index >= 15 is 0 Å². The Hall–Kier alpha value is -2.69. The summed E-state index contributed by atoms with van der Waals surface area (Å²) in [5.74, 6) is 0.314. The average Bonchev–Trinajstić information content (AvgIpc) is 2.46. The van der Waals surface area contributed by atoms with E-state index in [0.717, 1.165) is 5.56 Å². The Bertz CT molecular complexity index is 869. The minimum Gasteiger partial charge on any atom is -0.399 e. The molecule has 1 aromatic heterocycles. The molecule has 3 aromatic rings. The third kappa shape index (κ3) is 2.50. The molecule has 0 unspecified atom stereocenters. The van der Waals surface area contributed by atoms with Crippen LogP contribution in [0.15, 0.2) is 47.3 Å². The van der Waals surface area contributed by atoms with Crippen molar-refractivity contribution in [3.63, 3.8) is 0 Å². The van der Waals surface area contributed by atoms with Crippen molar-refractivity contribution < 1.29 is 4.39 Å². The summed E-state index contributed by atoms with van der Waals surface area (Å²) in [5.41, 5.74) is 7.58. The normalized spacial score (nSPS) is 11.0. The van der Waals surface area contributed by atoms with E-state index in [0.29, 0.717) is 29.0 Å². The lowest BCUT2D eigenvalue weighted by Gasteiger charge is -2.11. The zero-order valence-corrected chi connectivity index (χ0v) is 11.5. The van der Waals surface area contributed by atoms with Gasteiger partial charge in [0.05, 0.1) is 17.4 Å². The van der Waals surface area contributed by atoms with Gasteiger partial charge in [-0.2, -0.15) is 0 Å². The van der Waals surface area contributed by atoms with Crippen molar-refractivity contribution in [3.8, 4) is 0 Å². The minimum absolute atomic E-state index is 0.144. The van der Waals surface area contributed by atoms with Crippen molar-refractivity contribution in [1.29, 1.82) is 0 Å². The first kappa shape index (κ1) is 13.3. The molecule has 4 nitrogen and oxygen atoms in total. The van der Waals surface area contributed by atoms with Gasteiger partial charge in [0.1, 0.15) is 11.6 Å². The molecule has 2 aromatic carbocycles. The fourth-order valence-corrected chi connectivity index (χ4v) is 2.31. The van der Waals surface area contributed by atoms with E-state index in [9.17, 15) is 9.18 Å². The summed E-state index contributed by atoms with van der Waals surface area (Å²) in [7, 11) is 0. The van der Waals surface area contributed by atoms with Crippen LogP contribution in [-0.4, -0.2) is 9.55 Å². The van der Waals surface area contributed by atoms with E-state index in [2.05, 4.69) is 4.98 Å². The van der Waals surface area contributed by atoms with Gasteiger partial charge in [0, 0.05) is 5.69 Å². The number of nitrogens with two attached hydrogens (primary N) is 1. The van der Waals surface area contributed by atoms with E-state index in [1.54, 1.807) is 41.8 Å². The maximum atomic E-state index is 12.9. The number of nitrogen functional groups attached to an aromatic ring is 1. The first-order valence-corrected chi connectivity index (χ1v) is 6.56. The van der Waals surface area contributed by atoms with Crippen LogP contribution in [0.2, 0.25) is 0 Å². The van der Waals surface area contributed by atoms with Gasteiger partial charge in [0.2, 0.25) is 0 Å². The average molecular weight is 283 g/mol. The van der Waals surface area contributed by atoms with Crippen LogP contribution in [0.1, 0.15) is 11.4 Å². The van der Waals surface area contributed by atoms with E-state index in [1.807, 2.05) is 0 Å². The summed E-state index contributed by atoms with van der Waals surface area (Å²) in [5, 5.41) is 0.489. The summed E-state index contributed by atoms with van der Waals surface area (Å²) in [6.07, 6.45) is 0. The highest BCUT2D eigenvalue weighted by atomic mass is 19.1. The third-order valence-corrected chi connectivity index (χ3v) is 3.42. The van der Waals surface area contributed by atoms with Gasteiger partial charge < -0.3 is 5.73 Å². The van der Waals surface area contributed by atoms with Crippen LogP contribution in [0.25, 0.3) is 10.9 Å². The molecular weight excluding hydrogens is 269 g/mol. The van der Waals surface area contributed by atoms with Crippen molar-refractivity contribution in [2.45, 2.75) is 13.5 Å². The molecule has 1 heterocycles. The maximum absolute atomic E-state index is 12.9. The smallest absolute Gasteiger partial charge is 0.261 e. The molecule has 0 atom stereocenters. The van der Waals surface area contributed by atoms with E-state index < -0.39 is 0 Å². The Balaban J connectivity index is 2.13. The van der Waals surface area contributed by atoms with Crippen LogP contribution in [0, 0.1) is 12.7 Å². The number of fused-ring (bicyclic) bond motifs is 1. The Morgan fingerprint density at radius 1 is 1.19 bits per heavy atom. The van der Waals surface area contributed by atoms with Crippen LogP contribution in [-0.2, 0) is 6.54 Å². The molecule has 106 valence electrons. The summed E-state index contributed by atoms with van der Waals surface area (Å²) >= 11 is 0. The molecule has 0 amide bonds. The van der Waals surface area contributed by atoms with Crippen molar-refractivity contribution in [2.75, 3.05) is 5.73 Å². The Kier molecular flexibility index (Phi) is 3.17. The molecular formula is C16H14FN3O. The summed E-state index contributed by atoms with van der Waals surface area (Å²) in [4.78, 5) is 17.0. The molecule has 0 aliphatic carbocycles. The number of aromatic nitrogens is 2. The molecule has 0 radical (unpaired) electrons. The number of halogens is 1. The number of aryl methyl sites for hydroxylation is 1. The van der Waals surface area contributed by atoms with Gasteiger partial charge in [-0.1, -0.05) is 12.1 Å². The Morgan fingerprint density at radius 3 is 2.62 bits per heavy atom. The van der Waals surface area contributed by atoms with Crippen molar-refractivity contribution >= 4 is 16.6 Å². The van der Waals surface area contributed by atoms with E-state index in [-0.39, 0.29) is 11.4 Å². The highest BCUT2D eigenvalue weighted by molar-refractivity contribution is 5.81. The monoisotopic (exact) mass is 283 g/mol. The molecule has 21 heavy (non-hydrogen) atoms. The fourth-order valence-electron chi connectivity index (χ4n) is 2.31. The highest BCUT2D eigenvalue weighted by Gasteiger charge is 2.09. The predicted octanol–water partition coefficient (Wildman–Crippen LogP) is 2.47. The molecule has 0 aliphatic rings. The summed E-state index contributed by atoms with van der Waals surface area (Å²) in [6.45, 7) is 2.13. The number of benzene rings is 2. The first-order valence-electron chi connectivity index (χ1n) is 6.56. The lowest BCUT2D eigenvalue weighted by atomic mass is 10.2. The van der Waals surface area contributed by atoms with Crippen molar-refractivity contribution in [2.24, 2.45) is 0 Å². The van der Waals surface area contributed by atoms with Gasteiger partial charge in [0.25, 0.3) is 5.56 Å². The second-order valence-corrected chi connectivity index (χ2v) is 4.95. The predicted molar refractivity (Wildman–Crippen MR) is 80.7 cm³/mol. The van der Waals surface area contributed by atoms with Gasteiger partial charge in [0.15, 0.2) is 0 Å². The zero-order chi connectivity index (χ0) is 15.0. The Morgan fingerprint density at radius 2 is 1.90 bits per heavy atom. The minimum atomic E-state index is -0.299. The summed E-state index contributed by atoms with van der Waals surface area (Å²) < 4.78 is 14.5. The first-order chi connectivity index (χ1) is 10.0. The molecule has 0 fully saturated rings. The number of nitrogens with zero attached hydrogens (tertiary/aromatic N) is 2. The molecule has 5 heteroatoms. The second-order valence-electron chi connectivity index (χ2n) is 4.95. The number of rotatable bonds is 2. The van der Waals surface area contributed by atoms with Crippen LogP contribution in [0.5, 0.6) is 0 Å². The summed E-state index contributed by atoms with van der Waals surface area (Å²) in [6, 6.07) is 11.2. The van der Waals surface area contributed by atoms with E-state index in [4.69, 9.17) is 5.73 Å². The van der Waals surface area contributed by atoms with Crippen LogP contribution in [0.3, 0.4) is 0 Å². The quantitative estimate of drug-likeness (QED) is 0.735. The van der Waals surface area contributed by atoms with E-state index in [1.165, 1.54) is 12.1 Å². The highest BCUT2D eigenvalue weighted by Crippen LogP contribution is 2.13. The largest absolute Gasteiger partial charge is 0.399 e. The molecule has 0 saturated carbocycles. The number of hydrogen-bond acceptors (Lipinski definition) is 3. The molecule has 0 bridgehead atoms. The molecule has 0 saturated heterocycles. The van der Waals surface area contributed by atoms with Gasteiger partial charge >= 0.3 is 0 Å². The number of anilines is 1. The SMILES string of the molecule is Cc1nc2ccc(N)cc2c(=O)n1Cc1ccc(F)cc1. The topological polar surface area (TPSA) is 60.9 Å². The van der Waals surface area contributed by atoms with Gasteiger partial charge in [-0.15, -0.1) is 0 Å². The van der Waals surface area contributed by atoms with Crippen LogP contribution in [0.4, 0.5) is 10.1 Å². The van der Waals surface area contributed by atoms with Gasteiger partial charge in [-0.05, 0) is 42.8 Å². The number of hydrogen-bond donors (Lipinski definition) is 1. The molecule has 0 spiro atoms. The lowest BCUT2D eigenvalue weighted by Crippen LogP contribution is -2.24. The van der Waals surface area contributed by atoms with Gasteiger partial charge in [-0.25, -0.2) is 9.37 Å².